The zero-order valence-corrected chi connectivity index (χ0v) is 11.9. The van der Waals surface area contributed by atoms with Gasteiger partial charge < -0.3 is 20.8 Å². The van der Waals surface area contributed by atoms with Crippen molar-refractivity contribution in [3.8, 4) is 11.5 Å². The number of carbonyl (C=O) groups is 1. The number of phenols is 2. The van der Waals surface area contributed by atoms with E-state index in [9.17, 15) is 15.0 Å². The second-order valence-corrected chi connectivity index (χ2v) is 4.71. The first-order chi connectivity index (χ1) is 9.99. The molecule has 21 heavy (non-hydrogen) atoms. The maximum absolute atomic E-state index is 11.3. The van der Waals surface area contributed by atoms with Gasteiger partial charge in [-0.15, -0.1) is 0 Å². The van der Waals surface area contributed by atoms with Crippen LogP contribution in [0.5, 0.6) is 11.5 Å². The first kappa shape index (κ1) is 14.7. The van der Waals surface area contributed by atoms with Crippen molar-refractivity contribution in [3.05, 3.63) is 36.2 Å². The summed E-state index contributed by atoms with van der Waals surface area (Å²) in [6.07, 6.45) is 3.32. The van der Waals surface area contributed by atoms with Crippen LogP contribution in [0.4, 0.5) is 5.69 Å². The molecule has 0 aliphatic rings. The van der Waals surface area contributed by atoms with Crippen molar-refractivity contribution in [1.29, 1.82) is 0 Å². The molecule has 1 amide bonds. The summed E-state index contributed by atoms with van der Waals surface area (Å²) in [6.45, 7) is 2.03. The second-order valence-electron chi connectivity index (χ2n) is 4.71. The molecule has 0 aliphatic carbocycles. The van der Waals surface area contributed by atoms with Crippen molar-refractivity contribution in [3.63, 3.8) is 0 Å². The molecule has 1 heterocycles. The minimum absolute atomic E-state index is 0.0156. The number of nitrogens with zero attached hydrogens (tertiary/aromatic N) is 2. The van der Waals surface area contributed by atoms with E-state index in [1.54, 1.807) is 25.5 Å². The Morgan fingerprint density at radius 3 is 2.86 bits per heavy atom. The maximum Gasteiger partial charge on any atom is 0.241 e. The topological polar surface area (TPSA) is 99.4 Å². The second kappa shape index (κ2) is 6.17. The lowest BCUT2D eigenvalue weighted by atomic mass is 10.1. The van der Waals surface area contributed by atoms with E-state index in [1.165, 1.54) is 16.8 Å². The van der Waals surface area contributed by atoms with E-state index >= 15 is 0 Å². The minimum atomic E-state index is -0.178. The van der Waals surface area contributed by atoms with Crippen molar-refractivity contribution < 1.29 is 15.0 Å². The van der Waals surface area contributed by atoms with E-state index in [2.05, 4.69) is 15.7 Å². The van der Waals surface area contributed by atoms with Crippen molar-refractivity contribution in [2.24, 2.45) is 0 Å². The highest BCUT2D eigenvalue weighted by molar-refractivity contribution is 5.75. The third-order valence-corrected chi connectivity index (χ3v) is 3.08. The standard InChI is InChI=1S/C14H18N4O3/c1-9(12-4-3-11(19)5-13(12)20)17-10-6-16-18(7-10)8-14(21)15-2/h3-7,9,17,19-20H,8H2,1-2H3,(H,15,21). The van der Waals surface area contributed by atoms with Crippen LogP contribution in [0.15, 0.2) is 30.6 Å². The molecule has 0 bridgehead atoms. The van der Waals surface area contributed by atoms with Gasteiger partial charge in [-0.3, -0.25) is 9.48 Å². The molecular formula is C14H18N4O3. The molecule has 1 unspecified atom stereocenters. The quantitative estimate of drug-likeness (QED) is 0.663. The number of hydrogen-bond donors (Lipinski definition) is 4. The average molecular weight is 290 g/mol. The van der Waals surface area contributed by atoms with Gasteiger partial charge in [0.2, 0.25) is 5.91 Å². The zero-order chi connectivity index (χ0) is 15.4. The fourth-order valence-corrected chi connectivity index (χ4v) is 1.98. The summed E-state index contributed by atoms with van der Waals surface area (Å²) >= 11 is 0. The number of phenolic OH excluding ortho intramolecular Hbond substituents is 2. The molecule has 0 radical (unpaired) electrons. The van der Waals surface area contributed by atoms with Gasteiger partial charge in [0.25, 0.3) is 0 Å². The molecule has 0 fully saturated rings. The van der Waals surface area contributed by atoms with Crippen LogP contribution in [-0.2, 0) is 11.3 Å². The third kappa shape index (κ3) is 3.65. The number of carbonyl (C=O) groups excluding carboxylic acids is 1. The van der Waals surface area contributed by atoms with Gasteiger partial charge in [-0.25, -0.2) is 0 Å². The SMILES string of the molecule is CNC(=O)Cn1cc(NC(C)c2ccc(O)cc2O)cn1. The lowest BCUT2D eigenvalue weighted by Crippen LogP contribution is -2.23. The first-order valence-electron chi connectivity index (χ1n) is 6.51. The highest BCUT2D eigenvalue weighted by Crippen LogP contribution is 2.29. The molecular weight excluding hydrogens is 272 g/mol. The van der Waals surface area contributed by atoms with E-state index in [-0.39, 0.29) is 30.0 Å². The van der Waals surface area contributed by atoms with Crippen LogP contribution in [-0.4, -0.2) is 32.9 Å². The Hall–Kier alpha value is -2.70. The van der Waals surface area contributed by atoms with E-state index in [4.69, 9.17) is 0 Å². The van der Waals surface area contributed by atoms with Gasteiger partial charge in [-0.2, -0.15) is 5.10 Å². The molecule has 2 rings (SSSR count). The van der Waals surface area contributed by atoms with Crippen molar-refractivity contribution in [2.45, 2.75) is 19.5 Å². The Morgan fingerprint density at radius 2 is 2.19 bits per heavy atom. The van der Waals surface area contributed by atoms with Crippen LogP contribution in [0.2, 0.25) is 0 Å². The number of nitrogens with one attached hydrogen (secondary N) is 2. The van der Waals surface area contributed by atoms with E-state index in [0.29, 0.717) is 5.56 Å². The van der Waals surface area contributed by atoms with Crippen LogP contribution < -0.4 is 10.6 Å². The fourth-order valence-electron chi connectivity index (χ4n) is 1.98. The molecule has 1 atom stereocenters. The molecule has 7 heteroatoms. The Kier molecular flexibility index (Phi) is 4.32. The van der Waals surface area contributed by atoms with E-state index in [0.717, 1.165) is 5.69 Å². The molecule has 0 aliphatic heterocycles. The number of anilines is 1. The normalized spacial score (nSPS) is 11.9. The number of hydrogen-bond acceptors (Lipinski definition) is 5. The smallest absolute Gasteiger partial charge is 0.241 e. The molecule has 112 valence electrons. The summed E-state index contributed by atoms with van der Waals surface area (Å²) in [5, 5.41) is 28.9. The largest absolute Gasteiger partial charge is 0.508 e. The molecule has 1 aromatic heterocycles. The monoisotopic (exact) mass is 290 g/mol. The summed E-state index contributed by atoms with van der Waals surface area (Å²) in [6, 6.07) is 4.28. The van der Waals surface area contributed by atoms with Crippen molar-refractivity contribution in [2.75, 3.05) is 12.4 Å². The van der Waals surface area contributed by atoms with Gasteiger partial charge in [0.15, 0.2) is 0 Å². The molecule has 2 aromatic rings. The predicted octanol–water partition coefficient (Wildman–Crippen LogP) is 1.21. The van der Waals surface area contributed by atoms with Crippen molar-refractivity contribution >= 4 is 11.6 Å². The first-order valence-corrected chi connectivity index (χ1v) is 6.51. The number of rotatable bonds is 5. The van der Waals surface area contributed by atoms with Gasteiger partial charge in [0, 0.05) is 24.9 Å². The van der Waals surface area contributed by atoms with Gasteiger partial charge in [-0.05, 0) is 19.1 Å². The van der Waals surface area contributed by atoms with E-state index < -0.39 is 0 Å². The van der Waals surface area contributed by atoms with Crippen LogP contribution in [0.1, 0.15) is 18.5 Å². The Balaban J connectivity index is 2.05. The number of aromatic hydroxyl groups is 2. The Bertz CT molecular complexity index is 639. The third-order valence-electron chi connectivity index (χ3n) is 3.08. The van der Waals surface area contributed by atoms with Crippen LogP contribution in [0.25, 0.3) is 0 Å². The van der Waals surface area contributed by atoms with Gasteiger partial charge in [0.05, 0.1) is 17.9 Å². The van der Waals surface area contributed by atoms with Gasteiger partial charge in [0.1, 0.15) is 18.0 Å². The number of likely N-dealkylation sites (N-methyl/N-ethyl adjacent to an activating group) is 1. The average Bonchev–Trinajstić information content (AvgIpc) is 2.85. The Labute approximate surface area is 122 Å². The van der Waals surface area contributed by atoms with Gasteiger partial charge >= 0.3 is 0 Å². The highest BCUT2D eigenvalue weighted by atomic mass is 16.3. The lowest BCUT2D eigenvalue weighted by Gasteiger charge is -2.15. The fraction of sp³-hybridized carbons (Fsp3) is 0.286. The molecule has 4 N–H and O–H groups in total. The predicted molar refractivity (Wildman–Crippen MR) is 78.1 cm³/mol. The van der Waals surface area contributed by atoms with Gasteiger partial charge in [-0.1, -0.05) is 0 Å². The molecule has 0 saturated heterocycles. The lowest BCUT2D eigenvalue weighted by molar-refractivity contribution is -0.121. The van der Waals surface area contributed by atoms with Crippen LogP contribution >= 0.6 is 0 Å². The summed E-state index contributed by atoms with van der Waals surface area (Å²) < 4.78 is 1.52. The number of aromatic nitrogens is 2. The number of benzene rings is 1. The summed E-state index contributed by atoms with van der Waals surface area (Å²) in [7, 11) is 1.57. The highest BCUT2D eigenvalue weighted by Gasteiger charge is 2.12. The maximum atomic E-state index is 11.3. The van der Waals surface area contributed by atoms with Crippen molar-refractivity contribution in [1.82, 2.24) is 15.1 Å². The number of amides is 1. The zero-order valence-electron chi connectivity index (χ0n) is 11.9. The molecule has 0 spiro atoms. The minimum Gasteiger partial charge on any atom is -0.508 e. The molecule has 0 saturated carbocycles. The molecule has 1 aromatic carbocycles. The summed E-state index contributed by atoms with van der Waals surface area (Å²) in [4.78, 5) is 11.3. The van der Waals surface area contributed by atoms with Crippen LogP contribution in [0, 0.1) is 0 Å². The summed E-state index contributed by atoms with van der Waals surface area (Å²) in [5.41, 5.74) is 1.39. The Morgan fingerprint density at radius 1 is 1.43 bits per heavy atom. The van der Waals surface area contributed by atoms with Crippen LogP contribution in [0.3, 0.4) is 0 Å². The molecule has 7 nitrogen and oxygen atoms in total. The van der Waals surface area contributed by atoms with E-state index in [1.807, 2.05) is 6.92 Å². The summed E-state index contributed by atoms with van der Waals surface area (Å²) in [5.74, 6) is -0.0940.